The van der Waals surface area contributed by atoms with Crippen LogP contribution in [0.25, 0.3) is 0 Å². The first-order valence-corrected chi connectivity index (χ1v) is 5.18. The van der Waals surface area contributed by atoms with Gasteiger partial charge in [-0.15, -0.1) is 0 Å². The van der Waals surface area contributed by atoms with Crippen molar-refractivity contribution in [2.45, 2.75) is 38.7 Å². The molecule has 1 aliphatic carbocycles. The first-order valence-electron chi connectivity index (χ1n) is 5.18. The number of hydrogen-bond donors (Lipinski definition) is 0. The molecule has 1 spiro atoms. The summed E-state index contributed by atoms with van der Waals surface area (Å²) in [6.07, 6.45) is 5.63. The van der Waals surface area contributed by atoms with Crippen LogP contribution < -0.4 is 0 Å². The number of Topliss-reactive ketones (excluding diaryl/α,β-unsaturated/α-hetero) is 1. The number of rotatable bonds is 0. The van der Waals surface area contributed by atoms with E-state index in [9.17, 15) is 9.59 Å². The number of esters is 1. The lowest BCUT2D eigenvalue weighted by molar-refractivity contribution is -0.157. The third-order valence-corrected chi connectivity index (χ3v) is 2.89. The Bertz CT molecular complexity index is 366. The van der Waals surface area contributed by atoms with E-state index in [4.69, 9.17) is 4.74 Å². The molecule has 3 nitrogen and oxygen atoms in total. The Hall–Kier alpha value is -1.38. The van der Waals surface area contributed by atoms with Crippen LogP contribution in [0.2, 0.25) is 0 Å². The summed E-state index contributed by atoms with van der Waals surface area (Å²) in [6.45, 7) is 3.53. The molecular weight excluding hydrogens is 192 g/mol. The minimum Gasteiger partial charge on any atom is -0.450 e. The van der Waals surface area contributed by atoms with E-state index in [-0.39, 0.29) is 11.8 Å². The zero-order valence-electron chi connectivity index (χ0n) is 9.00. The number of carbonyl (C=O) groups excluding carboxylic acids is 2. The average Bonchev–Trinajstić information content (AvgIpc) is 2.14. The average molecular weight is 206 g/mol. The zero-order chi connectivity index (χ0) is 11.1. The van der Waals surface area contributed by atoms with Crippen LogP contribution in [0.5, 0.6) is 0 Å². The fourth-order valence-electron chi connectivity index (χ4n) is 2.24. The molecule has 0 bridgehead atoms. The van der Waals surface area contributed by atoms with Crippen LogP contribution in [-0.2, 0) is 14.3 Å². The number of carbonyl (C=O) groups is 2. The van der Waals surface area contributed by atoms with E-state index >= 15 is 0 Å². The molecule has 15 heavy (non-hydrogen) atoms. The van der Waals surface area contributed by atoms with Gasteiger partial charge in [0.2, 0.25) is 0 Å². The van der Waals surface area contributed by atoms with Crippen molar-refractivity contribution in [3.63, 3.8) is 0 Å². The predicted octanol–water partition coefficient (Wildman–Crippen LogP) is 1.93. The lowest BCUT2D eigenvalue weighted by Crippen LogP contribution is -2.38. The van der Waals surface area contributed by atoms with Gasteiger partial charge in [-0.3, -0.25) is 9.59 Å². The van der Waals surface area contributed by atoms with Crippen molar-refractivity contribution < 1.29 is 14.3 Å². The van der Waals surface area contributed by atoms with E-state index in [0.29, 0.717) is 17.6 Å². The normalized spacial score (nSPS) is 24.7. The molecule has 0 saturated carbocycles. The van der Waals surface area contributed by atoms with Crippen LogP contribution in [0, 0.1) is 0 Å². The van der Waals surface area contributed by atoms with E-state index in [0.717, 1.165) is 12.8 Å². The second kappa shape index (κ2) is 3.33. The summed E-state index contributed by atoms with van der Waals surface area (Å²) in [7, 11) is 0. The fourth-order valence-corrected chi connectivity index (χ4v) is 2.24. The quantitative estimate of drug-likeness (QED) is 0.569. The molecule has 0 amide bonds. The molecule has 0 aromatic rings. The highest BCUT2D eigenvalue weighted by atomic mass is 16.6. The second-order valence-corrected chi connectivity index (χ2v) is 4.27. The number of hydrogen-bond acceptors (Lipinski definition) is 3. The van der Waals surface area contributed by atoms with Crippen molar-refractivity contribution >= 4 is 11.8 Å². The molecule has 2 rings (SSSR count). The molecule has 1 fully saturated rings. The first kappa shape index (κ1) is 10.1. The Labute approximate surface area is 88.8 Å². The molecule has 0 N–H and O–H groups in total. The van der Waals surface area contributed by atoms with Gasteiger partial charge < -0.3 is 4.74 Å². The van der Waals surface area contributed by atoms with Crippen LogP contribution >= 0.6 is 0 Å². The summed E-state index contributed by atoms with van der Waals surface area (Å²) in [4.78, 5) is 22.8. The lowest BCUT2D eigenvalue weighted by Gasteiger charge is -2.34. The minimum absolute atomic E-state index is 0.0437. The third-order valence-electron chi connectivity index (χ3n) is 2.89. The number of allylic oxidation sites excluding steroid dienone is 2. The van der Waals surface area contributed by atoms with Gasteiger partial charge in [0, 0.05) is 6.42 Å². The van der Waals surface area contributed by atoms with Crippen LogP contribution in [0.15, 0.2) is 23.3 Å². The second-order valence-electron chi connectivity index (χ2n) is 4.27. The largest absolute Gasteiger partial charge is 0.450 e. The van der Waals surface area contributed by atoms with Gasteiger partial charge in [-0.05, 0) is 50.0 Å². The van der Waals surface area contributed by atoms with Crippen molar-refractivity contribution in [3.05, 3.63) is 23.3 Å². The van der Waals surface area contributed by atoms with Gasteiger partial charge >= 0.3 is 5.97 Å². The third kappa shape index (κ3) is 1.74. The Morgan fingerprint density at radius 1 is 1.20 bits per heavy atom. The Kier molecular flexibility index (Phi) is 2.25. The van der Waals surface area contributed by atoms with Crippen molar-refractivity contribution in [3.8, 4) is 0 Å². The summed E-state index contributed by atoms with van der Waals surface area (Å²) < 4.78 is 5.36. The number of ketones is 1. The van der Waals surface area contributed by atoms with Gasteiger partial charge in [0.05, 0.1) is 0 Å². The highest BCUT2D eigenvalue weighted by Crippen LogP contribution is 2.34. The predicted molar refractivity (Wildman–Crippen MR) is 55.2 cm³/mol. The molecule has 3 heteroatoms. The number of ether oxygens (including phenoxy) is 1. The molecule has 80 valence electrons. The van der Waals surface area contributed by atoms with Crippen LogP contribution in [0.3, 0.4) is 0 Å². The molecule has 1 saturated heterocycles. The Morgan fingerprint density at radius 3 is 2.33 bits per heavy atom. The zero-order valence-corrected chi connectivity index (χ0v) is 9.00. The van der Waals surface area contributed by atoms with Gasteiger partial charge in [-0.25, -0.2) is 0 Å². The van der Waals surface area contributed by atoms with Crippen LogP contribution in [0.1, 0.15) is 33.1 Å². The van der Waals surface area contributed by atoms with Gasteiger partial charge in [0.25, 0.3) is 0 Å². The van der Waals surface area contributed by atoms with Crippen molar-refractivity contribution in [1.29, 1.82) is 0 Å². The summed E-state index contributed by atoms with van der Waals surface area (Å²) in [5.74, 6) is -0.133. The topological polar surface area (TPSA) is 43.4 Å². The maximum atomic E-state index is 11.6. The fraction of sp³-hybridized carbons (Fsp3) is 0.500. The highest BCUT2D eigenvalue weighted by molar-refractivity contribution is 6.08. The maximum absolute atomic E-state index is 11.6. The SMILES string of the molecule is CC1=CC2(C=C(C)C1=O)CCCC(=O)O2. The summed E-state index contributed by atoms with van der Waals surface area (Å²) in [6, 6.07) is 0. The molecule has 0 unspecified atom stereocenters. The van der Waals surface area contributed by atoms with Gasteiger partial charge in [-0.2, -0.15) is 0 Å². The van der Waals surface area contributed by atoms with Crippen molar-refractivity contribution in [1.82, 2.24) is 0 Å². The molecule has 0 atom stereocenters. The van der Waals surface area contributed by atoms with E-state index in [1.165, 1.54) is 0 Å². The van der Waals surface area contributed by atoms with Crippen molar-refractivity contribution in [2.75, 3.05) is 0 Å². The first-order chi connectivity index (χ1) is 7.02. The summed E-state index contributed by atoms with van der Waals surface area (Å²) >= 11 is 0. The Morgan fingerprint density at radius 2 is 1.80 bits per heavy atom. The molecule has 1 heterocycles. The highest BCUT2D eigenvalue weighted by Gasteiger charge is 2.37. The molecule has 2 aliphatic rings. The molecular formula is C12H14O3. The van der Waals surface area contributed by atoms with E-state index in [1.807, 2.05) is 0 Å². The standard InChI is InChI=1S/C12H14O3/c1-8-6-12(7-9(2)11(8)14)5-3-4-10(13)15-12/h6-7H,3-5H2,1-2H3. The molecule has 1 aliphatic heterocycles. The van der Waals surface area contributed by atoms with Crippen LogP contribution in [0.4, 0.5) is 0 Å². The van der Waals surface area contributed by atoms with Gasteiger partial charge in [0.15, 0.2) is 5.78 Å². The van der Waals surface area contributed by atoms with Crippen molar-refractivity contribution in [2.24, 2.45) is 0 Å². The smallest absolute Gasteiger partial charge is 0.306 e. The monoisotopic (exact) mass is 206 g/mol. The van der Waals surface area contributed by atoms with E-state index in [2.05, 4.69) is 0 Å². The van der Waals surface area contributed by atoms with E-state index in [1.54, 1.807) is 26.0 Å². The summed E-state index contributed by atoms with van der Waals surface area (Å²) in [5, 5.41) is 0. The van der Waals surface area contributed by atoms with Crippen LogP contribution in [-0.4, -0.2) is 17.4 Å². The molecule has 0 aromatic heterocycles. The Balaban J connectivity index is 2.36. The van der Waals surface area contributed by atoms with E-state index < -0.39 is 5.60 Å². The minimum atomic E-state index is -0.641. The molecule has 0 aromatic carbocycles. The lowest BCUT2D eigenvalue weighted by atomic mass is 9.83. The molecule has 0 radical (unpaired) electrons. The summed E-state index contributed by atoms with van der Waals surface area (Å²) in [5.41, 5.74) is 0.701. The maximum Gasteiger partial charge on any atom is 0.306 e. The van der Waals surface area contributed by atoms with Gasteiger partial charge in [0.1, 0.15) is 5.60 Å². The van der Waals surface area contributed by atoms with Gasteiger partial charge in [-0.1, -0.05) is 0 Å².